The molecule has 4 aromatic rings. The van der Waals surface area contributed by atoms with E-state index in [2.05, 4.69) is 15.4 Å². The quantitative estimate of drug-likeness (QED) is 0.558. The van der Waals surface area contributed by atoms with Crippen LogP contribution in [-0.4, -0.2) is 27.2 Å². The van der Waals surface area contributed by atoms with Crippen LogP contribution < -0.4 is 5.32 Å². The molecule has 1 aromatic carbocycles. The number of pyridine rings is 1. The third kappa shape index (κ3) is 3.83. The second-order valence-electron chi connectivity index (χ2n) is 6.11. The molecule has 0 aliphatic heterocycles. The van der Waals surface area contributed by atoms with Crippen LogP contribution >= 0.6 is 0 Å². The Morgan fingerprint density at radius 1 is 1.11 bits per heavy atom. The Balaban J connectivity index is 1.58. The van der Waals surface area contributed by atoms with Crippen LogP contribution in [0.15, 0.2) is 77.5 Å². The van der Waals surface area contributed by atoms with Crippen LogP contribution in [0.3, 0.4) is 0 Å². The normalized spacial score (nSPS) is 10.8. The van der Waals surface area contributed by atoms with Gasteiger partial charge >= 0.3 is 0 Å². The number of halogens is 1. The molecule has 0 fully saturated rings. The number of nitrogens with zero attached hydrogens (tertiary/aromatic N) is 3. The number of carbonyl (C=O) groups excluding carboxylic acids is 1. The van der Waals surface area contributed by atoms with E-state index >= 15 is 0 Å². The van der Waals surface area contributed by atoms with Crippen molar-refractivity contribution in [3.05, 3.63) is 90.3 Å². The lowest BCUT2D eigenvalue weighted by molar-refractivity contribution is 0.0946. The summed E-state index contributed by atoms with van der Waals surface area (Å²) in [6, 6.07) is 16.6. The molecule has 3 aromatic heterocycles. The van der Waals surface area contributed by atoms with Crippen molar-refractivity contribution in [1.82, 2.24) is 20.1 Å². The summed E-state index contributed by atoms with van der Waals surface area (Å²) in [4.78, 5) is 17.0. The van der Waals surface area contributed by atoms with Crippen LogP contribution in [0.25, 0.3) is 17.1 Å². The van der Waals surface area contributed by atoms with Gasteiger partial charge in [-0.2, -0.15) is 5.10 Å². The van der Waals surface area contributed by atoms with E-state index in [4.69, 9.17) is 4.42 Å². The van der Waals surface area contributed by atoms with Crippen molar-refractivity contribution in [3.63, 3.8) is 0 Å². The van der Waals surface area contributed by atoms with Gasteiger partial charge in [-0.15, -0.1) is 0 Å². The minimum Gasteiger partial charge on any atom is -0.463 e. The molecule has 0 unspecified atom stereocenters. The van der Waals surface area contributed by atoms with Gasteiger partial charge in [0.1, 0.15) is 17.2 Å². The minimum absolute atomic E-state index is 0.287. The summed E-state index contributed by atoms with van der Waals surface area (Å²) in [5.41, 5.74) is 2.32. The monoisotopic (exact) mass is 376 g/mol. The van der Waals surface area contributed by atoms with E-state index in [0.717, 1.165) is 5.69 Å². The SMILES string of the molecule is O=C(NCCc1ccccn1)c1cc(-c2ccco2)nn1-c1ccc(F)cc1. The second-order valence-corrected chi connectivity index (χ2v) is 6.11. The first-order chi connectivity index (χ1) is 13.7. The molecule has 0 radical (unpaired) electrons. The van der Waals surface area contributed by atoms with E-state index in [-0.39, 0.29) is 11.7 Å². The Labute approximate surface area is 160 Å². The molecule has 1 amide bonds. The number of hydrogen-bond acceptors (Lipinski definition) is 4. The molecule has 0 saturated carbocycles. The van der Waals surface area contributed by atoms with E-state index in [0.29, 0.717) is 35.8 Å². The zero-order valence-electron chi connectivity index (χ0n) is 14.9. The van der Waals surface area contributed by atoms with Crippen LogP contribution in [-0.2, 0) is 6.42 Å². The van der Waals surface area contributed by atoms with E-state index < -0.39 is 0 Å². The van der Waals surface area contributed by atoms with E-state index in [1.165, 1.54) is 16.8 Å². The van der Waals surface area contributed by atoms with Gasteiger partial charge in [-0.1, -0.05) is 6.07 Å². The van der Waals surface area contributed by atoms with Crippen LogP contribution in [0.4, 0.5) is 4.39 Å². The van der Waals surface area contributed by atoms with Gasteiger partial charge in [-0.05, 0) is 48.5 Å². The molecule has 0 aliphatic carbocycles. The van der Waals surface area contributed by atoms with Crippen molar-refractivity contribution in [2.45, 2.75) is 6.42 Å². The van der Waals surface area contributed by atoms with Gasteiger partial charge in [0.2, 0.25) is 0 Å². The van der Waals surface area contributed by atoms with Crippen molar-refractivity contribution in [2.24, 2.45) is 0 Å². The summed E-state index contributed by atoms with van der Waals surface area (Å²) in [5, 5.41) is 7.35. The third-order valence-electron chi connectivity index (χ3n) is 4.18. The zero-order valence-corrected chi connectivity index (χ0v) is 14.9. The van der Waals surface area contributed by atoms with Crippen molar-refractivity contribution in [2.75, 3.05) is 6.54 Å². The number of benzene rings is 1. The topological polar surface area (TPSA) is 73.0 Å². The number of amides is 1. The van der Waals surface area contributed by atoms with Crippen molar-refractivity contribution in [3.8, 4) is 17.1 Å². The highest BCUT2D eigenvalue weighted by atomic mass is 19.1. The van der Waals surface area contributed by atoms with Gasteiger partial charge in [0.25, 0.3) is 5.91 Å². The molecule has 0 bridgehead atoms. The molecule has 0 saturated heterocycles. The van der Waals surface area contributed by atoms with Gasteiger partial charge in [0.15, 0.2) is 5.76 Å². The molecule has 7 heteroatoms. The third-order valence-corrected chi connectivity index (χ3v) is 4.18. The molecule has 6 nitrogen and oxygen atoms in total. The Bertz CT molecular complexity index is 1060. The van der Waals surface area contributed by atoms with Crippen molar-refractivity contribution < 1.29 is 13.6 Å². The number of rotatable bonds is 6. The first-order valence-electron chi connectivity index (χ1n) is 8.79. The lowest BCUT2D eigenvalue weighted by Gasteiger charge is -2.08. The smallest absolute Gasteiger partial charge is 0.270 e. The second kappa shape index (κ2) is 7.87. The van der Waals surface area contributed by atoms with Crippen LogP contribution in [0.1, 0.15) is 16.2 Å². The van der Waals surface area contributed by atoms with Crippen LogP contribution in [0, 0.1) is 5.82 Å². The number of nitrogens with one attached hydrogen (secondary N) is 1. The molecule has 4 rings (SSSR count). The standard InChI is InChI=1S/C21H17FN4O2/c22-15-6-8-17(9-7-15)26-19(14-18(25-26)20-5-3-13-28-20)21(27)24-12-10-16-4-1-2-11-23-16/h1-9,11,13-14H,10,12H2,(H,24,27). The Kier molecular flexibility index (Phi) is 4.97. The maximum absolute atomic E-state index is 13.3. The Hall–Kier alpha value is -3.74. The van der Waals surface area contributed by atoms with Gasteiger partial charge in [0, 0.05) is 30.9 Å². The molecular formula is C21H17FN4O2. The van der Waals surface area contributed by atoms with E-state index in [1.807, 2.05) is 18.2 Å². The first kappa shape index (κ1) is 17.7. The summed E-state index contributed by atoms with van der Waals surface area (Å²) in [6.07, 6.45) is 3.87. The minimum atomic E-state index is -0.358. The van der Waals surface area contributed by atoms with Crippen molar-refractivity contribution >= 4 is 5.91 Å². The number of hydrogen-bond donors (Lipinski definition) is 1. The predicted molar refractivity (Wildman–Crippen MR) is 101 cm³/mol. The number of furan rings is 1. The highest BCUT2D eigenvalue weighted by molar-refractivity contribution is 5.94. The van der Waals surface area contributed by atoms with E-state index in [9.17, 15) is 9.18 Å². The highest BCUT2D eigenvalue weighted by Gasteiger charge is 2.18. The molecule has 0 spiro atoms. The van der Waals surface area contributed by atoms with Crippen LogP contribution in [0.2, 0.25) is 0 Å². The number of aromatic nitrogens is 3. The first-order valence-corrected chi connectivity index (χ1v) is 8.79. The largest absolute Gasteiger partial charge is 0.463 e. The fourth-order valence-corrected chi connectivity index (χ4v) is 2.81. The molecule has 0 aliphatic rings. The van der Waals surface area contributed by atoms with Crippen molar-refractivity contribution in [1.29, 1.82) is 0 Å². The Morgan fingerprint density at radius 3 is 2.68 bits per heavy atom. The van der Waals surface area contributed by atoms with Gasteiger partial charge in [-0.25, -0.2) is 9.07 Å². The zero-order chi connectivity index (χ0) is 19.3. The van der Waals surface area contributed by atoms with Gasteiger partial charge in [0.05, 0.1) is 12.0 Å². The summed E-state index contributed by atoms with van der Waals surface area (Å²) < 4.78 is 20.2. The average molecular weight is 376 g/mol. The van der Waals surface area contributed by atoms with Gasteiger partial charge < -0.3 is 9.73 Å². The summed E-state index contributed by atoms with van der Waals surface area (Å²) in [5.74, 6) is -0.0995. The number of carbonyl (C=O) groups is 1. The Morgan fingerprint density at radius 2 is 1.96 bits per heavy atom. The molecule has 1 N–H and O–H groups in total. The maximum Gasteiger partial charge on any atom is 0.270 e. The molecule has 140 valence electrons. The molecule has 28 heavy (non-hydrogen) atoms. The lowest BCUT2D eigenvalue weighted by Crippen LogP contribution is -2.28. The predicted octanol–water partition coefficient (Wildman–Crippen LogP) is 3.64. The molecule has 0 atom stereocenters. The summed E-state index contributed by atoms with van der Waals surface area (Å²) >= 11 is 0. The highest BCUT2D eigenvalue weighted by Crippen LogP contribution is 2.22. The van der Waals surface area contributed by atoms with E-state index in [1.54, 1.807) is 42.8 Å². The fourth-order valence-electron chi connectivity index (χ4n) is 2.81. The summed E-state index contributed by atoms with van der Waals surface area (Å²) in [7, 11) is 0. The average Bonchev–Trinajstić information content (AvgIpc) is 3.39. The lowest BCUT2D eigenvalue weighted by atomic mass is 10.2. The van der Waals surface area contributed by atoms with Gasteiger partial charge in [-0.3, -0.25) is 9.78 Å². The maximum atomic E-state index is 13.3. The molecule has 3 heterocycles. The van der Waals surface area contributed by atoms with Crippen LogP contribution in [0.5, 0.6) is 0 Å². The summed E-state index contributed by atoms with van der Waals surface area (Å²) in [6.45, 7) is 0.431. The molecular weight excluding hydrogens is 359 g/mol. The fraction of sp³-hybridized carbons (Fsp3) is 0.0952.